The summed E-state index contributed by atoms with van der Waals surface area (Å²) in [7, 11) is -1.91. The van der Waals surface area contributed by atoms with E-state index in [1.165, 1.54) is 7.05 Å². The number of hydrogen-bond donors (Lipinski definition) is 1. The van der Waals surface area contributed by atoms with Crippen LogP contribution < -0.4 is 9.62 Å². The number of benzene rings is 2. The van der Waals surface area contributed by atoms with Crippen LogP contribution in [0, 0.1) is 0 Å². The summed E-state index contributed by atoms with van der Waals surface area (Å²) in [6, 6.07) is 16.0. The molecule has 23 heavy (non-hydrogen) atoms. The Morgan fingerprint density at radius 1 is 1.09 bits per heavy atom. The smallest absolute Gasteiger partial charge is 0.251 e. The van der Waals surface area contributed by atoms with E-state index in [0.717, 1.165) is 16.1 Å². The molecule has 0 aliphatic rings. The summed E-state index contributed by atoms with van der Waals surface area (Å²) < 4.78 is 24.3. The maximum atomic E-state index is 12.4. The summed E-state index contributed by atoms with van der Waals surface area (Å²) in [6.45, 7) is 1.90. The van der Waals surface area contributed by atoms with Crippen LogP contribution in [-0.2, 0) is 10.0 Å². The fourth-order valence-corrected chi connectivity index (χ4v) is 2.64. The highest BCUT2D eigenvalue weighted by molar-refractivity contribution is 7.92. The van der Waals surface area contributed by atoms with Crippen LogP contribution in [0.25, 0.3) is 0 Å². The molecule has 5 nitrogen and oxygen atoms in total. The summed E-state index contributed by atoms with van der Waals surface area (Å²) in [4.78, 5) is 12.4. The predicted octanol–water partition coefficient (Wildman–Crippen LogP) is 2.57. The van der Waals surface area contributed by atoms with Crippen molar-refractivity contribution in [2.45, 2.75) is 13.0 Å². The van der Waals surface area contributed by atoms with Crippen LogP contribution in [0.3, 0.4) is 0 Å². The molecule has 6 heteroatoms. The van der Waals surface area contributed by atoms with E-state index in [-0.39, 0.29) is 11.9 Å². The Labute approximate surface area is 137 Å². The average molecular weight is 332 g/mol. The monoisotopic (exact) mass is 332 g/mol. The van der Waals surface area contributed by atoms with E-state index in [1.807, 2.05) is 37.3 Å². The Hall–Kier alpha value is -2.34. The third-order valence-electron chi connectivity index (χ3n) is 3.62. The van der Waals surface area contributed by atoms with Gasteiger partial charge in [0.05, 0.1) is 18.0 Å². The highest BCUT2D eigenvalue weighted by Gasteiger charge is 2.15. The van der Waals surface area contributed by atoms with Crippen molar-refractivity contribution in [2.75, 3.05) is 17.6 Å². The summed E-state index contributed by atoms with van der Waals surface area (Å²) in [5.41, 5.74) is 1.87. The molecule has 2 aromatic carbocycles. The van der Waals surface area contributed by atoms with Gasteiger partial charge in [-0.25, -0.2) is 8.42 Å². The number of carbonyl (C=O) groups excluding carboxylic acids is 1. The zero-order valence-electron chi connectivity index (χ0n) is 13.4. The number of nitrogens with zero attached hydrogens (tertiary/aromatic N) is 1. The molecule has 0 heterocycles. The third kappa shape index (κ3) is 4.32. The highest BCUT2D eigenvalue weighted by atomic mass is 32.2. The molecule has 0 fully saturated rings. The second-order valence-electron chi connectivity index (χ2n) is 5.39. The van der Waals surface area contributed by atoms with Gasteiger partial charge in [-0.1, -0.05) is 36.4 Å². The first kappa shape index (κ1) is 17.0. The molecule has 0 aliphatic heterocycles. The number of rotatable bonds is 5. The predicted molar refractivity (Wildman–Crippen MR) is 92.0 cm³/mol. The van der Waals surface area contributed by atoms with E-state index in [2.05, 4.69) is 5.32 Å². The van der Waals surface area contributed by atoms with Gasteiger partial charge in [0.1, 0.15) is 0 Å². The first-order valence-electron chi connectivity index (χ1n) is 7.19. The quantitative estimate of drug-likeness (QED) is 0.915. The lowest BCUT2D eigenvalue weighted by molar-refractivity contribution is 0.0940. The van der Waals surface area contributed by atoms with Crippen LogP contribution in [0.1, 0.15) is 28.9 Å². The maximum absolute atomic E-state index is 12.4. The fraction of sp³-hybridized carbons (Fsp3) is 0.235. The van der Waals surface area contributed by atoms with Crippen molar-refractivity contribution in [1.82, 2.24) is 5.32 Å². The first-order valence-corrected chi connectivity index (χ1v) is 9.03. The maximum Gasteiger partial charge on any atom is 0.251 e. The van der Waals surface area contributed by atoms with Gasteiger partial charge in [-0.2, -0.15) is 0 Å². The molecule has 0 saturated carbocycles. The second-order valence-corrected chi connectivity index (χ2v) is 7.40. The molecule has 0 aromatic heterocycles. The topological polar surface area (TPSA) is 66.5 Å². The summed E-state index contributed by atoms with van der Waals surface area (Å²) >= 11 is 0. The molecule has 0 unspecified atom stereocenters. The van der Waals surface area contributed by atoms with Gasteiger partial charge in [0, 0.05) is 12.6 Å². The van der Waals surface area contributed by atoms with Gasteiger partial charge >= 0.3 is 0 Å². The van der Waals surface area contributed by atoms with Crippen LogP contribution >= 0.6 is 0 Å². The van der Waals surface area contributed by atoms with Crippen LogP contribution in [0.15, 0.2) is 54.6 Å². The number of hydrogen-bond acceptors (Lipinski definition) is 3. The number of nitrogens with one attached hydrogen (secondary N) is 1. The lowest BCUT2D eigenvalue weighted by Gasteiger charge is -2.18. The number of amides is 1. The molecule has 1 amide bonds. The van der Waals surface area contributed by atoms with E-state index < -0.39 is 10.0 Å². The normalized spacial score (nSPS) is 12.5. The molecule has 2 rings (SSSR count). The Morgan fingerprint density at radius 3 is 2.35 bits per heavy atom. The van der Waals surface area contributed by atoms with E-state index in [0.29, 0.717) is 11.3 Å². The minimum absolute atomic E-state index is 0.139. The SMILES string of the molecule is C[C@H](NC(=O)c1cccc(N(C)S(C)(=O)=O)c1)c1ccccc1. The molecule has 0 saturated heterocycles. The molecule has 2 aromatic rings. The lowest BCUT2D eigenvalue weighted by Crippen LogP contribution is -2.28. The van der Waals surface area contributed by atoms with Crippen molar-refractivity contribution in [2.24, 2.45) is 0 Å². The molecule has 1 atom stereocenters. The molecular formula is C17H20N2O3S. The summed E-state index contributed by atoms with van der Waals surface area (Å²) in [5.74, 6) is -0.245. The van der Waals surface area contributed by atoms with Crippen molar-refractivity contribution in [3.05, 3.63) is 65.7 Å². The first-order chi connectivity index (χ1) is 10.8. The van der Waals surface area contributed by atoms with Crippen molar-refractivity contribution in [1.29, 1.82) is 0 Å². The van der Waals surface area contributed by atoms with Gasteiger partial charge in [0.2, 0.25) is 10.0 Å². The number of carbonyl (C=O) groups is 1. The third-order valence-corrected chi connectivity index (χ3v) is 4.82. The Kier molecular flexibility index (Phi) is 5.05. The zero-order valence-corrected chi connectivity index (χ0v) is 14.2. The summed E-state index contributed by atoms with van der Waals surface area (Å²) in [6.07, 6.45) is 1.12. The molecule has 0 aliphatic carbocycles. The molecule has 0 radical (unpaired) electrons. The van der Waals surface area contributed by atoms with Crippen LogP contribution in [0.4, 0.5) is 5.69 Å². The second kappa shape index (κ2) is 6.83. The molecule has 0 spiro atoms. The standard InChI is InChI=1S/C17H20N2O3S/c1-13(14-8-5-4-6-9-14)18-17(20)15-10-7-11-16(12-15)19(2)23(3,21)22/h4-13H,1-3H3,(H,18,20)/t13-/m0/s1. The molecule has 0 bridgehead atoms. The highest BCUT2D eigenvalue weighted by Crippen LogP contribution is 2.18. The van der Waals surface area contributed by atoms with Gasteiger partial charge in [0.25, 0.3) is 5.91 Å². The van der Waals surface area contributed by atoms with E-state index in [1.54, 1.807) is 24.3 Å². The van der Waals surface area contributed by atoms with Gasteiger partial charge in [-0.3, -0.25) is 9.10 Å². The van der Waals surface area contributed by atoms with Crippen molar-refractivity contribution < 1.29 is 13.2 Å². The molecule has 1 N–H and O–H groups in total. The molecular weight excluding hydrogens is 312 g/mol. The van der Waals surface area contributed by atoms with E-state index >= 15 is 0 Å². The van der Waals surface area contributed by atoms with Gasteiger partial charge in [-0.05, 0) is 30.7 Å². The zero-order chi connectivity index (χ0) is 17.0. The Morgan fingerprint density at radius 2 is 1.74 bits per heavy atom. The van der Waals surface area contributed by atoms with E-state index in [4.69, 9.17) is 0 Å². The Balaban J connectivity index is 2.17. The minimum atomic E-state index is -3.36. The average Bonchev–Trinajstić information content (AvgIpc) is 2.54. The van der Waals surface area contributed by atoms with Crippen molar-refractivity contribution in [3.8, 4) is 0 Å². The van der Waals surface area contributed by atoms with Crippen LogP contribution in [0.5, 0.6) is 0 Å². The number of anilines is 1. The van der Waals surface area contributed by atoms with Crippen molar-refractivity contribution >= 4 is 21.6 Å². The lowest BCUT2D eigenvalue weighted by atomic mass is 10.1. The van der Waals surface area contributed by atoms with Gasteiger partial charge < -0.3 is 5.32 Å². The Bertz CT molecular complexity index is 788. The largest absolute Gasteiger partial charge is 0.346 e. The van der Waals surface area contributed by atoms with Crippen LogP contribution in [0.2, 0.25) is 0 Å². The minimum Gasteiger partial charge on any atom is -0.346 e. The fourth-order valence-electron chi connectivity index (χ4n) is 2.14. The van der Waals surface area contributed by atoms with Crippen molar-refractivity contribution in [3.63, 3.8) is 0 Å². The number of sulfonamides is 1. The van der Waals surface area contributed by atoms with E-state index in [9.17, 15) is 13.2 Å². The molecule has 122 valence electrons. The van der Waals surface area contributed by atoms with Gasteiger partial charge in [0.15, 0.2) is 0 Å². The summed E-state index contributed by atoms with van der Waals surface area (Å²) in [5, 5.41) is 2.91. The van der Waals surface area contributed by atoms with Crippen LogP contribution in [-0.4, -0.2) is 27.6 Å². The van der Waals surface area contributed by atoms with Gasteiger partial charge in [-0.15, -0.1) is 0 Å².